The molecule has 0 aromatic carbocycles. The summed E-state index contributed by atoms with van der Waals surface area (Å²) in [6, 6.07) is 0. The average Bonchev–Trinajstić information content (AvgIpc) is 2.35. The number of carboxylic acids is 1. The van der Waals surface area contributed by atoms with Crippen LogP contribution in [0.5, 0.6) is 0 Å². The first-order chi connectivity index (χ1) is 6.06. The van der Waals surface area contributed by atoms with Gasteiger partial charge in [-0.3, -0.25) is 0 Å². The highest BCUT2D eigenvalue weighted by atomic mass is 16.6. The standard InChI is InChI=1S/C4H2O3.C4H4O2/c5-3-1-2-4(6)7-3;1-2-3-4(5)6/h1-2H;3H,1H2,(H,5,6). The second-order valence-corrected chi connectivity index (χ2v) is 1.76. The molecular weight excluding hydrogens is 176 g/mol. The van der Waals surface area contributed by atoms with Crippen LogP contribution in [0.15, 0.2) is 30.5 Å². The molecule has 0 aliphatic carbocycles. The Kier molecular flexibility index (Phi) is 4.61. The van der Waals surface area contributed by atoms with Gasteiger partial charge in [0.1, 0.15) is 0 Å². The molecule has 0 spiro atoms. The number of hydrogen-bond donors (Lipinski definition) is 1. The van der Waals surface area contributed by atoms with E-state index in [4.69, 9.17) is 5.11 Å². The van der Waals surface area contributed by atoms with Crippen LogP contribution in [0.4, 0.5) is 0 Å². The Labute approximate surface area is 73.6 Å². The van der Waals surface area contributed by atoms with Crippen molar-refractivity contribution in [3.63, 3.8) is 0 Å². The highest BCUT2D eigenvalue weighted by Gasteiger charge is 2.10. The molecule has 0 aromatic heterocycles. The Morgan fingerprint density at radius 1 is 1.46 bits per heavy atom. The van der Waals surface area contributed by atoms with Crippen molar-refractivity contribution in [3.8, 4) is 0 Å². The zero-order valence-corrected chi connectivity index (χ0v) is 6.52. The minimum atomic E-state index is -1.01. The summed E-state index contributed by atoms with van der Waals surface area (Å²) in [5, 5.41) is 7.76. The molecule has 1 rings (SSSR count). The zero-order chi connectivity index (χ0) is 10.3. The number of carbonyl (C=O) groups is 3. The fraction of sp³-hybridized carbons (Fsp3) is 0. The lowest BCUT2D eigenvalue weighted by molar-refractivity contribution is -0.150. The first-order valence-electron chi connectivity index (χ1n) is 3.09. The number of carbonyl (C=O) groups excluding carboxylic acids is 2. The molecule has 68 valence electrons. The number of carboxylic acid groups (broad SMARTS) is 1. The molecule has 1 N–H and O–H groups in total. The van der Waals surface area contributed by atoms with E-state index in [0.29, 0.717) is 0 Å². The predicted molar refractivity (Wildman–Crippen MR) is 41.6 cm³/mol. The average molecular weight is 182 g/mol. The fourth-order valence-electron chi connectivity index (χ4n) is 0.391. The molecule has 5 heteroatoms. The van der Waals surface area contributed by atoms with Crippen LogP contribution in [0.1, 0.15) is 0 Å². The van der Waals surface area contributed by atoms with Crippen LogP contribution in [-0.4, -0.2) is 23.0 Å². The molecule has 0 fully saturated rings. The first kappa shape index (κ1) is 10.9. The summed E-state index contributed by atoms with van der Waals surface area (Å²) in [5.41, 5.74) is 2.09. The third-order valence-electron chi connectivity index (χ3n) is 0.782. The highest BCUT2D eigenvalue weighted by molar-refractivity contribution is 6.04. The van der Waals surface area contributed by atoms with Crippen molar-refractivity contribution in [1.29, 1.82) is 0 Å². The molecule has 5 nitrogen and oxygen atoms in total. The third kappa shape index (κ3) is 6.28. The van der Waals surface area contributed by atoms with Crippen molar-refractivity contribution in [3.05, 3.63) is 30.5 Å². The Morgan fingerprint density at radius 2 is 1.92 bits per heavy atom. The maximum Gasteiger partial charge on any atom is 0.338 e. The summed E-state index contributed by atoms with van der Waals surface area (Å²) in [5.74, 6) is -2.17. The lowest BCUT2D eigenvalue weighted by atomic mass is 10.6. The second kappa shape index (κ2) is 5.51. The van der Waals surface area contributed by atoms with Crippen molar-refractivity contribution in [2.24, 2.45) is 0 Å². The molecular formula is C8H6O5. The lowest BCUT2D eigenvalue weighted by Crippen LogP contribution is -1.96. The molecule has 0 aromatic rings. The number of ether oxygens (including phenoxy) is 1. The van der Waals surface area contributed by atoms with E-state index in [0.717, 1.165) is 18.2 Å². The van der Waals surface area contributed by atoms with Crippen LogP contribution >= 0.6 is 0 Å². The van der Waals surface area contributed by atoms with Gasteiger partial charge in [0.15, 0.2) is 0 Å². The maximum absolute atomic E-state index is 9.92. The Hall–Kier alpha value is -2.13. The smallest absolute Gasteiger partial charge is 0.338 e. The molecule has 0 atom stereocenters. The molecule has 0 radical (unpaired) electrons. The van der Waals surface area contributed by atoms with Gasteiger partial charge in [-0.05, 0) is 0 Å². The lowest BCUT2D eigenvalue weighted by Gasteiger charge is -1.80. The fourth-order valence-corrected chi connectivity index (χ4v) is 0.391. The SMILES string of the molecule is C=C=CC(=O)O.O=C1C=CC(=O)O1. The van der Waals surface area contributed by atoms with Gasteiger partial charge in [-0.1, -0.05) is 6.58 Å². The summed E-state index contributed by atoms with van der Waals surface area (Å²) in [6.07, 6.45) is 3.02. The molecule has 0 amide bonds. The van der Waals surface area contributed by atoms with Gasteiger partial charge in [0.05, 0.1) is 6.08 Å². The van der Waals surface area contributed by atoms with E-state index in [2.05, 4.69) is 17.0 Å². The van der Waals surface area contributed by atoms with Crippen molar-refractivity contribution in [1.82, 2.24) is 0 Å². The molecule has 0 saturated carbocycles. The number of aliphatic carboxylic acids is 1. The molecule has 1 aliphatic heterocycles. The Morgan fingerprint density at radius 3 is 2.00 bits per heavy atom. The van der Waals surface area contributed by atoms with Crippen molar-refractivity contribution in [2.45, 2.75) is 0 Å². The van der Waals surface area contributed by atoms with Gasteiger partial charge < -0.3 is 9.84 Å². The van der Waals surface area contributed by atoms with E-state index >= 15 is 0 Å². The predicted octanol–water partition coefficient (Wildman–Crippen LogP) is 0.0381. The topological polar surface area (TPSA) is 80.7 Å². The Balaban J connectivity index is 0.000000226. The van der Waals surface area contributed by atoms with Crippen LogP contribution in [0.3, 0.4) is 0 Å². The number of cyclic esters (lactones) is 2. The van der Waals surface area contributed by atoms with E-state index in [1.54, 1.807) is 0 Å². The van der Waals surface area contributed by atoms with E-state index in [1.165, 1.54) is 0 Å². The van der Waals surface area contributed by atoms with Crippen LogP contribution < -0.4 is 0 Å². The first-order valence-corrected chi connectivity index (χ1v) is 3.09. The molecule has 0 saturated heterocycles. The van der Waals surface area contributed by atoms with Gasteiger partial charge in [0.2, 0.25) is 0 Å². The maximum atomic E-state index is 9.92. The number of hydrogen-bond acceptors (Lipinski definition) is 4. The van der Waals surface area contributed by atoms with E-state index in [1.807, 2.05) is 0 Å². The van der Waals surface area contributed by atoms with E-state index in [-0.39, 0.29) is 0 Å². The normalized spacial score (nSPS) is 12.3. The molecule has 1 heterocycles. The van der Waals surface area contributed by atoms with Crippen molar-refractivity contribution >= 4 is 17.9 Å². The molecule has 1 aliphatic rings. The summed E-state index contributed by atoms with van der Waals surface area (Å²) >= 11 is 0. The molecule has 0 unspecified atom stereocenters. The van der Waals surface area contributed by atoms with Crippen LogP contribution in [0, 0.1) is 0 Å². The molecule has 0 bridgehead atoms. The van der Waals surface area contributed by atoms with Crippen LogP contribution in [0.2, 0.25) is 0 Å². The number of rotatable bonds is 1. The van der Waals surface area contributed by atoms with Gasteiger partial charge in [-0.25, -0.2) is 14.4 Å². The molecule has 13 heavy (non-hydrogen) atoms. The monoisotopic (exact) mass is 182 g/mol. The largest absolute Gasteiger partial charge is 0.478 e. The summed E-state index contributed by atoms with van der Waals surface area (Å²) < 4.78 is 3.97. The minimum Gasteiger partial charge on any atom is -0.478 e. The van der Waals surface area contributed by atoms with Crippen molar-refractivity contribution < 1.29 is 24.2 Å². The summed E-state index contributed by atoms with van der Waals surface area (Å²) in [7, 11) is 0. The Bertz CT molecular complexity index is 290. The van der Waals surface area contributed by atoms with Crippen LogP contribution in [0.25, 0.3) is 0 Å². The number of esters is 2. The quantitative estimate of drug-likeness (QED) is 0.268. The second-order valence-electron chi connectivity index (χ2n) is 1.76. The van der Waals surface area contributed by atoms with Gasteiger partial charge in [-0.2, -0.15) is 0 Å². The van der Waals surface area contributed by atoms with E-state index < -0.39 is 17.9 Å². The minimum absolute atomic E-state index is 0.579. The van der Waals surface area contributed by atoms with Gasteiger partial charge in [0, 0.05) is 12.2 Å². The van der Waals surface area contributed by atoms with E-state index in [9.17, 15) is 14.4 Å². The van der Waals surface area contributed by atoms with Gasteiger partial charge in [0.25, 0.3) is 0 Å². The summed E-state index contributed by atoms with van der Waals surface area (Å²) in [6.45, 7) is 3.04. The zero-order valence-electron chi connectivity index (χ0n) is 6.52. The van der Waals surface area contributed by atoms with Crippen molar-refractivity contribution in [2.75, 3.05) is 0 Å². The van der Waals surface area contributed by atoms with Gasteiger partial charge >= 0.3 is 17.9 Å². The van der Waals surface area contributed by atoms with Gasteiger partial charge in [-0.15, -0.1) is 5.73 Å². The van der Waals surface area contributed by atoms with Crippen LogP contribution in [-0.2, 0) is 19.1 Å². The third-order valence-corrected chi connectivity index (χ3v) is 0.782. The highest BCUT2D eigenvalue weighted by Crippen LogP contribution is 1.92. The summed E-state index contributed by atoms with van der Waals surface area (Å²) in [4.78, 5) is 29.3.